The zero-order valence-corrected chi connectivity index (χ0v) is 10.5. The molecule has 1 aliphatic carbocycles. The van der Waals surface area contributed by atoms with Crippen molar-refractivity contribution in [3.8, 4) is 0 Å². The summed E-state index contributed by atoms with van der Waals surface area (Å²) in [7, 11) is 0. The third-order valence-electron chi connectivity index (χ3n) is 3.98. The number of ketones is 1. The van der Waals surface area contributed by atoms with Gasteiger partial charge < -0.3 is 4.74 Å². The molecule has 0 N–H and O–H groups in total. The predicted molar refractivity (Wildman–Crippen MR) is 69.2 cm³/mol. The van der Waals surface area contributed by atoms with Crippen LogP contribution < -0.4 is 0 Å². The van der Waals surface area contributed by atoms with Gasteiger partial charge in [-0.05, 0) is 12.0 Å². The molecule has 3 rings (SSSR count). The number of carbonyl (C=O) groups is 1. The van der Waals surface area contributed by atoms with Crippen molar-refractivity contribution in [3.63, 3.8) is 0 Å². The van der Waals surface area contributed by atoms with E-state index in [4.69, 9.17) is 4.74 Å². The summed E-state index contributed by atoms with van der Waals surface area (Å²) in [6.07, 6.45) is 2.41. The quantitative estimate of drug-likeness (QED) is 0.798. The van der Waals surface area contributed by atoms with Crippen LogP contribution in [0.2, 0.25) is 0 Å². The Morgan fingerprint density at radius 2 is 2.11 bits per heavy atom. The van der Waals surface area contributed by atoms with Gasteiger partial charge in [0, 0.05) is 32.0 Å². The number of rotatable bonds is 2. The van der Waals surface area contributed by atoms with Gasteiger partial charge in [-0.25, -0.2) is 0 Å². The van der Waals surface area contributed by atoms with Crippen LogP contribution in [0.1, 0.15) is 24.8 Å². The van der Waals surface area contributed by atoms with Crippen LogP contribution in [0.5, 0.6) is 0 Å². The van der Waals surface area contributed by atoms with Crippen LogP contribution in [-0.2, 0) is 16.1 Å². The van der Waals surface area contributed by atoms with Crippen LogP contribution in [0, 0.1) is 0 Å². The van der Waals surface area contributed by atoms with Crippen molar-refractivity contribution in [2.24, 2.45) is 0 Å². The van der Waals surface area contributed by atoms with E-state index in [1.54, 1.807) is 0 Å². The number of carbonyl (C=O) groups excluding carboxylic acids is 1. The zero-order chi connectivity index (χ0) is 12.4. The second-order valence-corrected chi connectivity index (χ2v) is 5.21. The Balaban J connectivity index is 1.70. The van der Waals surface area contributed by atoms with E-state index < -0.39 is 0 Å². The van der Waals surface area contributed by atoms with Gasteiger partial charge in [0.2, 0.25) is 0 Å². The Labute approximate surface area is 108 Å². The van der Waals surface area contributed by atoms with E-state index in [0.717, 1.165) is 32.5 Å². The predicted octanol–water partition coefficient (Wildman–Crippen LogP) is 2.01. The van der Waals surface area contributed by atoms with Gasteiger partial charge in [-0.15, -0.1) is 0 Å². The zero-order valence-electron chi connectivity index (χ0n) is 10.5. The van der Waals surface area contributed by atoms with Crippen molar-refractivity contribution < 1.29 is 9.53 Å². The van der Waals surface area contributed by atoms with Gasteiger partial charge in [0.15, 0.2) is 0 Å². The molecular weight excluding hydrogens is 226 g/mol. The van der Waals surface area contributed by atoms with E-state index in [0.29, 0.717) is 18.2 Å². The van der Waals surface area contributed by atoms with Gasteiger partial charge in [-0.1, -0.05) is 30.3 Å². The molecule has 2 fully saturated rings. The van der Waals surface area contributed by atoms with E-state index in [9.17, 15) is 4.79 Å². The van der Waals surface area contributed by atoms with Gasteiger partial charge >= 0.3 is 0 Å². The van der Waals surface area contributed by atoms with Crippen molar-refractivity contribution in [2.75, 3.05) is 13.2 Å². The third kappa shape index (κ3) is 2.47. The van der Waals surface area contributed by atoms with Crippen LogP contribution in [0.3, 0.4) is 0 Å². The molecule has 0 spiro atoms. The fourth-order valence-corrected chi connectivity index (χ4v) is 3.05. The standard InChI is InChI=1S/C15H19NO2/c17-13-6-7-14-15(10-13)18-9-8-16(14)11-12-4-2-1-3-5-12/h1-5,14-15H,6-11H2. The molecule has 1 aliphatic heterocycles. The first kappa shape index (κ1) is 11.9. The van der Waals surface area contributed by atoms with Gasteiger partial charge in [-0.2, -0.15) is 0 Å². The minimum Gasteiger partial charge on any atom is -0.375 e. The SMILES string of the molecule is O=C1CCC2C(C1)OCCN2Cc1ccccc1. The van der Waals surface area contributed by atoms with Crippen LogP contribution >= 0.6 is 0 Å². The Kier molecular flexibility index (Phi) is 3.43. The second kappa shape index (κ2) is 5.21. The summed E-state index contributed by atoms with van der Waals surface area (Å²) in [5, 5.41) is 0. The lowest BCUT2D eigenvalue weighted by atomic mass is 9.89. The normalized spacial score (nSPS) is 29.0. The van der Waals surface area contributed by atoms with Crippen molar-refractivity contribution in [3.05, 3.63) is 35.9 Å². The largest absolute Gasteiger partial charge is 0.375 e. The Hall–Kier alpha value is -1.19. The molecule has 18 heavy (non-hydrogen) atoms. The molecule has 2 aliphatic rings. The smallest absolute Gasteiger partial charge is 0.135 e. The first-order chi connectivity index (χ1) is 8.83. The van der Waals surface area contributed by atoms with Crippen molar-refractivity contribution in [1.29, 1.82) is 0 Å². The molecule has 0 aromatic heterocycles. The average Bonchev–Trinajstić information content (AvgIpc) is 2.40. The van der Waals surface area contributed by atoms with Gasteiger partial charge in [0.1, 0.15) is 5.78 Å². The fraction of sp³-hybridized carbons (Fsp3) is 0.533. The highest BCUT2D eigenvalue weighted by molar-refractivity contribution is 5.80. The molecule has 2 atom stereocenters. The van der Waals surface area contributed by atoms with Crippen LogP contribution in [0.4, 0.5) is 0 Å². The molecule has 1 saturated heterocycles. The first-order valence-electron chi connectivity index (χ1n) is 6.74. The number of hydrogen-bond acceptors (Lipinski definition) is 3. The summed E-state index contributed by atoms with van der Waals surface area (Å²) in [4.78, 5) is 14.0. The lowest BCUT2D eigenvalue weighted by Gasteiger charge is -2.43. The van der Waals surface area contributed by atoms with E-state index in [2.05, 4.69) is 29.2 Å². The van der Waals surface area contributed by atoms with Crippen molar-refractivity contribution in [1.82, 2.24) is 4.90 Å². The summed E-state index contributed by atoms with van der Waals surface area (Å²) in [5.74, 6) is 0.359. The number of fused-ring (bicyclic) bond motifs is 1. The topological polar surface area (TPSA) is 29.5 Å². The molecule has 0 bridgehead atoms. The van der Waals surface area contributed by atoms with E-state index in [1.165, 1.54) is 5.56 Å². The lowest BCUT2D eigenvalue weighted by molar-refractivity contribution is -0.135. The maximum atomic E-state index is 11.5. The molecule has 1 heterocycles. The molecule has 1 saturated carbocycles. The van der Waals surface area contributed by atoms with E-state index in [-0.39, 0.29) is 6.10 Å². The maximum Gasteiger partial charge on any atom is 0.135 e. The molecule has 1 aromatic rings. The number of hydrogen-bond donors (Lipinski definition) is 0. The lowest BCUT2D eigenvalue weighted by Crippen LogP contribution is -2.53. The molecule has 3 heteroatoms. The van der Waals surface area contributed by atoms with Crippen LogP contribution in [0.15, 0.2) is 30.3 Å². The molecule has 96 valence electrons. The second-order valence-electron chi connectivity index (χ2n) is 5.21. The number of Topliss-reactive ketones (excluding diaryl/α,β-unsaturated/α-hetero) is 1. The molecule has 1 aromatic carbocycles. The van der Waals surface area contributed by atoms with Gasteiger partial charge in [0.05, 0.1) is 12.7 Å². The summed E-state index contributed by atoms with van der Waals surface area (Å²) >= 11 is 0. The van der Waals surface area contributed by atoms with Gasteiger partial charge in [0.25, 0.3) is 0 Å². The third-order valence-corrected chi connectivity index (χ3v) is 3.98. The van der Waals surface area contributed by atoms with Crippen molar-refractivity contribution in [2.45, 2.75) is 38.0 Å². The highest BCUT2D eigenvalue weighted by Crippen LogP contribution is 2.27. The first-order valence-corrected chi connectivity index (χ1v) is 6.74. The Bertz CT molecular complexity index is 418. The minimum absolute atomic E-state index is 0.128. The number of nitrogens with zero attached hydrogens (tertiary/aromatic N) is 1. The number of ether oxygens (including phenoxy) is 1. The van der Waals surface area contributed by atoms with E-state index in [1.807, 2.05) is 6.07 Å². The molecule has 0 amide bonds. The molecule has 3 nitrogen and oxygen atoms in total. The van der Waals surface area contributed by atoms with Crippen molar-refractivity contribution >= 4 is 5.78 Å². The molecular formula is C15H19NO2. The van der Waals surface area contributed by atoms with E-state index >= 15 is 0 Å². The highest BCUT2D eigenvalue weighted by Gasteiger charge is 2.36. The number of benzene rings is 1. The molecule has 2 unspecified atom stereocenters. The average molecular weight is 245 g/mol. The van der Waals surface area contributed by atoms with Crippen LogP contribution in [0.25, 0.3) is 0 Å². The summed E-state index contributed by atoms with van der Waals surface area (Å²) in [6.45, 7) is 2.70. The van der Waals surface area contributed by atoms with Gasteiger partial charge in [-0.3, -0.25) is 9.69 Å². The number of morpholine rings is 1. The summed E-state index contributed by atoms with van der Waals surface area (Å²) in [5.41, 5.74) is 1.34. The summed E-state index contributed by atoms with van der Waals surface area (Å²) < 4.78 is 5.76. The minimum atomic E-state index is 0.128. The monoisotopic (exact) mass is 245 g/mol. The molecule has 0 radical (unpaired) electrons. The van der Waals surface area contributed by atoms with Crippen LogP contribution in [-0.4, -0.2) is 36.0 Å². The maximum absolute atomic E-state index is 11.5. The Morgan fingerprint density at radius 3 is 2.94 bits per heavy atom. The highest BCUT2D eigenvalue weighted by atomic mass is 16.5. The summed E-state index contributed by atoms with van der Waals surface area (Å²) in [6, 6.07) is 11.0. The fourth-order valence-electron chi connectivity index (χ4n) is 3.05. The Morgan fingerprint density at radius 1 is 1.28 bits per heavy atom.